The van der Waals surface area contributed by atoms with Gasteiger partial charge in [-0.25, -0.2) is 4.79 Å². The van der Waals surface area contributed by atoms with E-state index in [0.29, 0.717) is 6.42 Å². The third-order valence-corrected chi connectivity index (χ3v) is 3.77. The van der Waals surface area contributed by atoms with Crippen molar-refractivity contribution in [2.45, 2.75) is 52.6 Å². The van der Waals surface area contributed by atoms with Gasteiger partial charge < -0.3 is 15.4 Å². The fourth-order valence-electron chi connectivity index (χ4n) is 2.56. The van der Waals surface area contributed by atoms with E-state index in [1.54, 1.807) is 0 Å². The maximum absolute atomic E-state index is 12.4. The number of nitrogens with one attached hydrogen (secondary N) is 2. The molecule has 0 bridgehead atoms. The molecule has 0 aromatic heterocycles. The first-order chi connectivity index (χ1) is 11.7. The van der Waals surface area contributed by atoms with Crippen LogP contribution in [0.4, 0.5) is 0 Å². The van der Waals surface area contributed by atoms with Gasteiger partial charge in [0.15, 0.2) is 0 Å². The molecule has 6 heteroatoms. The fraction of sp³-hybridized carbons (Fsp3) is 0.526. The molecule has 0 heterocycles. The maximum Gasteiger partial charge on any atom is 0.328 e. The van der Waals surface area contributed by atoms with Gasteiger partial charge in [0.05, 0.1) is 19.6 Å². The summed E-state index contributed by atoms with van der Waals surface area (Å²) in [6.07, 6.45) is 0.544. The van der Waals surface area contributed by atoms with Crippen molar-refractivity contribution in [3.05, 3.63) is 35.4 Å². The first-order valence-electron chi connectivity index (χ1n) is 8.43. The Labute approximate surface area is 149 Å². The summed E-state index contributed by atoms with van der Waals surface area (Å²) in [5, 5.41) is 5.51. The minimum absolute atomic E-state index is 0.0498. The minimum atomic E-state index is -0.687. The molecule has 2 atom stereocenters. The summed E-state index contributed by atoms with van der Waals surface area (Å²) in [7, 11) is 1.30. The summed E-state index contributed by atoms with van der Waals surface area (Å²) in [5.74, 6) is -0.762. The van der Waals surface area contributed by atoms with Gasteiger partial charge in [-0.15, -0.1) is 0 Å². The Kier molecular flexibility index (Phi) is 8.11. The Morgan fingerprint density at radius 2 is 1.68 bits per heavy atom. The lowest BCUT2D eigenvalue weighted by Crippen LogP contribution is -2.43. The summed E-state index contributed by atoms with van der Waals surface area (Å²) in [4.78, 5) is 35.7. The van der Waals surface area contributed by atoms with E-state index in [2.05, 4.69) is 10.6 Å². The number of methoxy groups -OCH3 is 1. The SMILES string of the molecule is COC(=O)C(CC(C)C)NC(=O)CC(NC(C)=O)c1ccc(C)cc1. The topological polar surface area (TPSA) is 84.5 Å². The molecule has 6 nitrogen and oxygen atoms in total. The third kappa shape index (κ3) is 7.37. The second-order valence-electron chi connectivity index (χ2n) is 6.64. The van der Waals surface area contributed by atoms with E-state index >= 15 is 0 Å². The van der Waals surface area contributed by atoms with Crippen LogP contribution in [-0.2, 0) is 19.1 Å². The zero-order valence-electron chi connectivity index (χ0n) is 15.6. The fourth-order valence-corrected chi connectivity index (χ4v) is 2.56. The van der Waals surface area contributed by atoms with Gasteiger partial charge in [0, 0.05) is 6.92 Å². The van der Waals surface area contributed by atoms with E-state index in [0.717, 1.165) is 11.1 Å². The van der Waals surface area contributed by atoms with Crippen LogP contribution in [0.3, 0.4) is 0 Å². The highest BCUT2D eigenvalue weighted by Crippen LogP contribution is 2.18. The lowest BCUT2D eigenvalue weighted by molar-refractivity contribution is -0.145. The molecule has 0 saturated heterocycles. The summed E-state index contributed by atoms with van der Waals surface area (Å²) in [6, 6.07) is 6.49. The second kappa shape index (κ2) is 9.81. The second-order valence-corrected chi connectivity index (χ2v) is 6.64. The van der Waals surface area contributed by atoms with Gasteiger partial charge in [-0.2, -0.15) is 0 Å². The molecule has 2 unspecified atom stereocenters. The molecule has 25 heavy (non-hydrogen) atoms. The van der Waals surface area contributed by atoms with E-state index in [4.69, 9.17) is 4.74 Å². The van der Waals surface area contributed by atoms with Crippen molar-refractivity contribution < 1.29 is 19.1 Å². The predicted molar refractivity (Wildman–Crippen MR) is 95.8 cm³/mol. The molecule has 0 fully saturated rings. The van der Waals surface area contributed by atoms with Gasteiger partial charge in [0.25, 0.3) is 0 Å². The summed E-state index contributed by atoms with van der Waals surface area (Å²) < 4.78 is 4.76. The minimum Gasteiger partial charge on any atom is -0.467 e. The molecule has 0 radical (unpaired) electrons. The molecule has 138 valence electrons. The zero-order valence-corrected chi connectivity index (χ0v) is 15.6. The molecule has 1 aromatic rings. The van der Waals surface area contributed by atoms with E-state index in [1.807, 2.05) is 45.0 Å². The van der Waals surface area contributed by atoms with Crippen molar-refractivity contribution in [1.29, 1.82) is 0 Å². The highest BCUT2D eigenvalue weighted by Gasteiger charge is 2.24. The van der Waals surface area contributed by atoms with Crippen molar-refractivity contribution in [3.63, 3.8) is 0 Å². The molecule has 0 saturated carbocycles. The average Bonchev–Trinajstić information content (AvgIpc) is 2.52. The smallest absolute Gasteiger partial charge is 0.328 e. The highest BCUT2D eigenvalue weighted by atomic mass is 16.5. The lowest BCUT2D eigenvalue weighted by atomic mass is 10.0. The Balaban J connectivity index is 2.84. The number of rotatable bonds is 8. The standard InChI is InChI=1S/C19H28N2O4/c1-12(2)10-17(19(24)25-5)21-18(23)11-16(20-14(4)22)15-8-6-13(3)7-9-15/h6-9,12,16-17H,10-11H2,1-5H3,(H,20,22)(H,21,23). The number of amides is 2. The lowest BCUT2D eigenvalue weighted by Gasteiger charge is -2.22. The molecule has 2 N–H and O–H groups in total. The Morgan fingerprint density at radius 3 is 2.16 bits per heavy atom. The summed E-state index contributed by atoms with van der Waals surface area (Å²) in [5.41, 5.74) is 1.94. The molecular formula is C19H28N2O4. The molecule has 0 aliphatic heterocycles. The number of carbonyl (C=O) groups excluding carboxylic acids is 3. The molecule has 0 aliphatic rings. The third-order valence-electron chi connectivity index (χ3n) is 3.77. The van der Waals surface area contributed by atoms with Gasteiger partial charge in [-0.1, -0.05) is 43.7 Å². The van der Waals surface area contributed by atoms with Crippen LogP contribution in [0.25, 0.3) is 0 Å². The molecule has 0 aliphatic carbocycles. The van der Waals surface area contributed by atoms with Gasteiger partial charge >= 0.3 is 5.97 Å². The van der Waals surface area contributed by atoms with Gasteiger partial charge in [0.2, 0.25) is 11.8 Å². The molecular weight excluding hydrogens is 320 g/mol. The number of benzene rings is 1. The van der Waals surface area contributed by atoms with Crippen molar-refractivity contribution in [1.82, 2.24) is 10.6 Å². The van der Waals surface area contributed by atoms with Crippen LogP contribution >= 0.6 is 0 Å². The van der Waals surface area contributed by atoms with E-state index in [9.17, 15) is 14.4 Å². The van der Waals surface area contributed by atoms with Gasteiger partial charge in [-0.3, -0.25) is 9.59 Å². The van der Waals surface area contributed by atoms with Crippen LogP contribution in [0.2, 0.25) is 0 Å². The normalized spacial score (nSPS) is 13.0. The molecule has 2 amide bonds. The molecule has 0 spiro atoms. The number of carbonyl (C=O) groups is 3. The quantitative estimate of drug-likeness (QED) is 0.706. The highest BCUT2D eigenvalue weighted by molar-refractivity contribution is 5.85. The monoisotopic (exact) mass is 348 g/mol. The Morgan fingerprint density at radius 1 is 1.08 bits per heavy atom. The van der Waals surface area contributed by atoms with Crippen LogP contribution in [0.1, 0.15) is 50.8 Å². The average molecular weight is 348 g/mol. The molecule has 1 rings (SSSR count). The predicted octanol–water partition coefficient (Wildman–Crippen LogP) is 2.27. The first kappa shape index (κ1) is 20.7. The van der Waals surface area contributed by atoms with Crippen LogP contribution in [0.5, 0.6) is 0 Å². The maximum atomic E-state index is 12.4. The number of esters is 1. The first-order valence-corrected chi connectivity index (χ1v) is 8.43. The van der Waals surface area contributed by atoms with Crippen LogP contribution < -0.4 is 10.6 Å². The van der Waals surface area contributed by atoms with Crippen molar-refractivity contribution >= 4 is 17.8 Å². The Bertz CT molecular complexity index is 596. The van der Waals surface area contributed by atoms with E-state index in [-0.39, 0.29) is 24.2 Å². The molecule has 1 aromatic carbocycles. The van der Waals surface area contributed by atoms with Crippen molar-refractivity contribution in [2.24, 2.45) is 5.92 Å². The Hall–Kier alpha value is -2.37. The zero-order chi connectivity index (χ0) is 19.0. The van der Waals surface area contributed by atoms with Crippen LogP contribution in [0.15, 0.2) is 24.3 Å². The summed E-state index contributed by atoms with van der Waals surface area (Å²) >= 11 is 0. The number of hydrogen-bond donors (Lipinski definition) is 2. The number of aryl methyl sites for hydroxylation is 1. The number of ether oxygens (including phenoxy) is 1. The number of hydrogen-bond acceptors (Lipinski definition) is 4. The van der Waals surface area contributed by atoms with E-state index in [1.165, 1.54) is 14.0 Å². The summed E-state index contributed by atoms with van der Waals surface area (Å²) in [6.45, 7) is 7.31. The van der Waals surface area contributed by atoms with Gasteiger partial charge in [-0.05, 0) is 24.8 Å². The van der Waals surface area contributed by atoms with Crippen LogP contribution in [0, 0.1) is 12.8 Å². The van der Waals surface area contributed by atoms with Crippen molar-refractivity contribution in [2.75, 3.05) is 7.11 Å². The van der Waals surface area contributed by atoms with Gasteiger partial charge in [0.1, 0.15) is 6.04 Å². The largest absolute Gasteiger partial charge is 0.467 e. The van der Waals surface area contributed by atoms with Crippen LogP contribution in [-0.4, -0.2) is 30.9 Å². The van der Waals surface area contributed by atoms with E-state index < -0.39 is 18.1 Å². The van der Waals surface area contributed by atoms with Crippen molar-refractivity contribution in [3.8, 4) is 0 Å².